The number of rotatable bonds is 30. The molecule has 3 saturated heterocycles. The summed E-state index contributed by atoms with van der Waals surface area (Å²) in [5, 5.41) is 147. The van der Waals surface area contributed by atoms with Crippen LogP contribution in [0.2, 0.25) is 0 Å². The molecule has 502 valence electrons. The van der Waals surface area contributed by atoms with Crippen molar-refractivity contribution in [3.8, 4) is 5.75 Å². The van der Waals surface area contributed by atoms with E-state index < -0.39 is 215 Å². The van der Waals surface area contributed by atoms with Gasteiger partial charge in [0.1, 0.15) is 91.0 Å². The molecule has 3 aliphatic heterocycles. The number of nitrogens with one attached hydrogen (secondary N) is 5. The summed E-state index contributed by atoms with van der Waals surface area (Å²) in [5.41, 5.74) is 0.0873. The van der Waals surface area contributed by atoms with Crippen molar-refractivity contribution >= 4 is 29.5 Å². The predicted molar refractivity (Wildman–Crippen MR) is 304 cm³/mol. The summed E-state index contributed by atoms with van der Waals surface area (Å²) in [7, 11) is 0. The predicted octanol–water partition coefficient (Wildman–Crippen LogP) is -4.67. The first-order chi connectivity index (χ1) is 42.0. The molecule has 2 aliphatic carbocycles. The van der Waals surface area contributed by atoms with Crippen molar-refractivity contribution in [3.63, 3.8) is 0 Å². The van der Waals surface area contributed by atoms with E-state index in [0.29, 0.717) is 12.4 Å². The summed E-state index contributed by atoms with van der Waals surface area (Å²) >= 11 is 0. The lowest BCUT2D eigenvalue weighted by atomic mass is 9.77. The molecule has 30 heteroatoms. The van der Waals surface area contributed by atoms with Crippen LogP contribution in [-0.2, 0) is 52.3 Å². The Balaban J connectivity index is 1.18. The van der Waals surface area contributed by atoms with E-state index in [4.69, 9.17) is 37.9 Å². The van der Waals surface area contributed by atoms with Gasteiger partial charge in [-0.05, 0) is 37.5 Å². The van der Waals surface area contributed by atoms with Crippen LogP contribution in [0.1, 0.15) is 116 Å². The van der Waals surface area contributed by atoms with Crippen LogP contribution in [0, 0.1) is 11.8 Å². The van der Waals surface area contributed by atoms with E-state index in [1.165, 1.54) is 44.2 Å². The van der Waals surface area contributed by atoms with Crippen molar-refractivity contribution in [2.45, 2.75) is 246 Å². The lowest BCUT2D eigenvalue weighted by molar-refractivity contribution is -0.342. The number of aliphatic hydroxyl groups excluding tert-OH is 12. The molecule has 25 atom stereocenters. The summed E-state index contributed by atoms with van der Waals surface area (Å²) in [6.07, 6.45) is -20.1. The Morgan fingerprint density at radius 3 is 1.41 bits per heavy atom. The Bertz CT molecular complexity index is 2350. The number of carbonyl (C=O) groups is 5. The lowest BCUT2D eigenvalue weighted by Crippen LogP contribution is -2.70. The molecule has 0 bridgehead atoms. The quantitative estimate of drug-likeness (QED) is 0.0322. The molecule has 0 spiro atoms. The van der Waals surface area contributed by atoms with Crippen molar-refractivity contribution in [2.75, 3.05) is 39.6 Å². The number of hydrogen-bond donors (Lipinski definition) is 17. The van der Waals surface area contributed by atoms with Crippen molar-refractivity contribution < 1.29 is 123 Å². The Hall–Kier alpha value is -4.39. The van der Waals surface area contributed by atoms with Gasteiger partial charge in [0.25, 0.3) is 5.91 Å². The lowest BCUT2D eigenvalue weighted by Gasteiger charge is -2.51. The van der Waals surface area contributed by atoms with Gasteiger partial charge in [-0.1, -0.05) is 64.4 Å². The number of ether oxygens (including phenoxy) is 8. The highest BCUT2D eigenvalue weighted by Gasteiger charge is 2.57. The van der Waals surface area contributed by atoms with E-state index >= 15 is 0 Å². The smallest absolute Gasteiger partial charge is 0.251 e. The van der Waals surface area contributed by atoms with Crippen molar-refractivity contribution in [3.05, 3.63) is 29.8 Å². The van der Waals surface area contributed by atoms with E-state index in [9.17, 15) is 85.3 Å². The maximum Gasteiger partial charge on any atom is 0.251 e. The average molecular weight is 1260 g/mol. The zero-order valence-electron chi connectivity index (χ0n) is 50.4. The molecule has 88 heavy (non-hydrogen) atoms. The Labute approximate surface area is 510 Å². The number of amides is 5. The molecule has 0 radical (unpaired) electrons. The minimum Gasteiger partial charge on any atom is -0.494 e. The molecule has 17 N–H and O–H groups in total. The van der Waals surface area contributed by atoms with Crippen LogP contribution < -0.4 is 31.3 Å². The first-order valence-electron chi connectivity index (χ1n) is 30.5. The fraction of sp³-hybridized carbons (Fsp3) is 0.810. The topological polar surface area (TPSA) is 462 Å². The molecule has 30 nitrogen and oxygen atoms in total. The summed E-state index contributed by atoms with van der Waals surface area (Å²) in [6, 6.07) is -1.33. The highest BCUT2D eigenvalue weighted by atomic mass is 16.7. The van der Waals surface area contributed by atoms with Crippen LogP contribution in [-0.4, -0.2) is 271 Å². The fourth-order valence-corrected chi connectivity index (χ4v) is 12.4. The van der Waals surface area contributed by atoms with Crippen LogP contribution in [0.25, 0.3) is 0 Å². The molecular formula is C58H95N5O25. The minimum atomic E-state index is -1.94. The SMILES string of the molecule is CCCCCCCCCCCOc1cccc(C(=O)N[C@@H]2C(O[C@H]3C(O)C(NC(C)=O)C(OC4C(CO)C[C@@H](O[C@H]5C(O)C(NC(C)=O)C(OC6C(CO)OC(O)[C@@H](NC(C)=O)[C@H]6O)C[C@H]5CO)[C@@H](NC(C)=O)[C@H]4O)O[C@H]3CO)OC(CO)[C@@H](O)[C@@H]2O)c1. The van der Waals surface area contributed by atoms with Gasteiger partial charge >= 0.3 is 0 Å². The van der Waals surface area contributed by atoms with E-state index in [0.717, 1.165) is 53.4 Å². The summed E-state index contributed by atoms with van der Waals surface area (Å²) in [4.78, 5) is 64.4. The van der Waals surface area contributed by atoms with Crippen molar-refractivity contribution in [2.24, 2.45) is 11.8 Å². The van der Waals surface area contributed by atoms with Crippen LogP contribution in [0.3, 0.4) is 0 Å². The number of hydrogen-bond acceptors (Lipinski definition) is 25. The van der Waals surface area contributed by atoms with Gasteiger partial charge in [0.15, 0.2) is 18.9 Å². The van der Waals surface area contributed by atoms with Crippen molar-refractivity contribution in [1.29, 1.82) is 0 Å². The number of unbranched alkanes of at least 4 members (excludes halogenated alkanes) is 8. The standard InChI is InChI=1S/C58H95N5O25/c1-6-7-8-9-10-11-12-13-14-18-81-34-17-15-16-31(19-34)55(79)63-43-46(74)45(73)37(24-66)85-57(43)88-54-39(26-68)86-58(44(50(54)78)62-30(5)72)87-52-33(23-65)21-35(40(48(52)76)59-27(2)69)82-51-32(22-64)20-36(41(47(51)75)60-28(3)70)83-53-38(25-67)84-56(80)42(49(53)77)61-29(4)71/h15-17,19,32-33,35-54,56-58,64-68,73-78,80H,6-14,18,20-26H2,1-5H3,(H,59,69)(H,60,70)(H,61,71)(H,62,72)(H,63,79)/t32-,33?,35+,36?,37?,38?,39-,40+,41?,42-,43-,44?,45+,46+,47?,48+,49+,50?,51+,52?,53?,54+,56?,57?,58?/m0/s1. The molecule has 5 amide bonds. The van der Waals surface area contributed by atoms with Crippen LogP contribution in [0.5, 0.6) is 5.75 Å². The van der Waals surface area contributed by atoms with Gasteiger partial charge in [-0.15, -0.1) is 0 Å². The largest absolute Gasteiger partial charge is 0.494 e. The van der Waals surface area contributed by atoms with Gasteiger partial charge in [-0.2, -0.15) is 0 Å². The molecular weight excluding hydrogens is 1170 g/mol. The second-order valence-corrected chi connectivity index (χ2v) is 23.6. The van der Waals surface area contributed by atoms with E-state index in [-0.39, 0.29) is 18.4 Å². The Morgan fingerprint density at radius 1 is 0.466 bits per heavy atom. The number of benzene rings is 1. The summed E-state index contributed by atoms with van der Waals surface area (Å²) in [5.74, 6) is -5.39. The fourth-order valence-electron chi connectivity index (χ4n) is 12.4. The van der Waals surface area contributed by atoms with Gasteiger partial charge in [-0.25, -0.2) is 0 Å². The van der Waals surface area contributed by atoms with Gasteiger partial charge < -0.3 is 126 Å². The second-order valence-electron chi connectivity index (χ2n) is 23.6. The molecule has 2 saturated carbocycles. The third-order valence-corrected chi connectivity index (χ3v) is 16.9. The Morgan fingerprint density at radius 2 is 0.886 bits per heavy atom. The summed E-state index contributed by atoms with van der Waals surface area (Å²) in [6.45, 7) is 3.01. The molecule has 1 aromatic rings. The monoisotopic (exact) mass is 1260 g/mol. The van der Waals surface area contributed by atoms with E-state index in [1.54, 1.807) is 12.1 Å². The molecule has 6 rings (SSSR count). The molecule has 13 unspecified atom stereocenters. The van der Waals surface area contributed by atoms with Gasteiger partial charge in [0.2, 0.25) is 23.6 Å². The van der Waals surface area contributed by atoms with Crippen molar-refractivity contribution in [1.82, 2.24) is 26.6 Å². The highest BCUT2D eigenvalue weighted by Crippen LogP contribution is 2.39. The van der Waals surface area contributed by atoms with Crippen LogP contribution in [0.4, 0.5) is 0 Å². The molecule has 0 aromatic heterocycles. The first-order valence-corrected chi connectivity index (χ1v) is 30.5. The maximum absolute atomic E-state index is 13.9. The second kappa shape index (κ2) is 34.9. The number of carbonyl (C=O) groups excluding carboxylic acids is 5. The zero-order valence-corrected chi connectivity index (χ0v) is 50.4. The van der Waals surface area contributed by atoms with E-state index in [2.05, 4.69) is 33.5 Å². The number of aliphatic hydroxyl groups is 12. The third-order valence-electron chi connectivity index (χ3n) is 16.9. The van der Waals surface area contributed by atoms with Gasteiger partial charge in [0, 0.05) is 58.3 Å². The average Bonchev–Trinajstić information content (AvgIpc) is 1.44. The van der Waals surface area contributed by atoms with Crippen LogP contribution >= 0.6 is 0 Å². The summed E-state index contributed by atoms with van der Waals surface area (Å²) < 4.78 is 48.8. The highest BCUT2D eigenvalue weighted by molar-refractivity contribution is 5.94. The minimum absolute atomic E-state index is 0.0873. The third kappa shape index (κ3) is 18.9. The molecule has 3 heterocycles. The maximum atomic E-state index is 13.9. The molecule has 5 aliphatic rings. The van der Waals surface area contributed by atoms with Gasteiger partial charge in [-0.3, -0.25) is 24.0 Å². The van der Waals surface area contributed by atoms with Gasteiger partial charge in [0.05, 0.1) is 62.9 Å². The van der Waals surface area contributed by atoms with E-state index in [1.807, 2.05) is 0 Å². The first kappa shape index (κ1) is 72.7. The Kier molecular flexibility index (Phi) is 28.8. The molecule has 5 fully saturated rings. The van der Waals surface area contributed by atoms with Crippen LogP contribution in [0.15, 0.2) is 24.3 Å². The zero-order chi connectivity index (χ0) is 64.5. The molecule has 1 aromatic carbocycles. The normalized spacial score (nSPS) is 37.7.